The number of esters is 4. The van der Waals surface area contributed by atoms with E-state index in [1.807, 2.05) is 0 Å². The smallest absolute Gasteiger partial charge is 0.462 e. The van der Waals surface area contributed by atoms with Crippen molar-refractivity contribution in [3.63, 3.8) is 0 Å². The summed E-state index contributed by atoms with van der Waals surface area (Å²) in [6.45, 7) is 14.2. The average molecular weight is 1380 g/mol. The van der Waals surface area contributed by atoms with Crippen molar-refractivity contribution in [2.45, 2.75) is 395 Å². The molecule has 3 N–H and O–H groups in total. The summed E-state index contributed by atoms with van der Waals surface area (Å²) in [6.07, 6.45) is 48.5. The third-order valence-electron chi connectivity index (χ3n) is 17.7. The van der Waals surface area contributed by atoms with Crippen LogP contribution in [0.5, 0.6) is 0 Å². The van der Waals surface area contributed by atoms with Gasteiger partial charge in [-0.1, -0.05) is 325 Å². The Morgan fingerprint density at radius 1 is 0.298 bits per heavy atom. The Morgan fingerprint density at radius 2 is 0.511 bits per heavy atom. The highest BCUT2D eigenvalue weighted by molar-refractivity contribution is 7.47. The Balaban J connectivity index is 5.25. The quantitative estimate of drug-likeness (QED) is 0.0222. The molecule has 0 radical (unpaired) electrons. The van der Waals surface area contributed by atoms with Crippen LogP contribution in [0.3, 0.4) is 0 Å². The summed E-state index contributed by atoms with van der Waals surface area (Å²) in [7, 11) is -9.91. The predicted octanol–water partition coefficient (Wildman–Crippen LogP) is 21.7. The second-order valence-corrected chi connectivity index (χ2v) is 31.6. The zero-order valence-corrected chi connectivity index (χ0v) is 63.4. The molecular formula is C75H146O17P2. The van der Waals surface area contributed by atoms with Crippen molar-refractivity contribution in [1.82, 2.24) is 0 Å². The lowest BCUT2D eigenvalue weighted by Gasteiger charge is -2.21. The summed E-state index contributed by atoms with van der Waals surface area (Å²) in [4.78, 5) is 72.8. The molecule has 94 heavy (non-hydrogen) atoms. The number of carbonyl (C=O) groups is 4. The van der Waals surface area contributed by atoms with Crippen molar-refractivity contribution in [2.24, 2.45) is 23.7 Å². The van der Waals surface area contributed by atoms with Crippen LogP contribution < -0.4 is 0 Å². The summed E-state index contributed by atoms with van der Waals surface area (Å²) in [5, 5.41) is 10.6. The van der Waals surface area contributed by atoms with E-state index in [1.54, 1.807) is 0 Å². The molecule has 0 saturated carbocycles. The number of hydrogen-bond donors (Lipinski definition) is 3. The van der Waals surface area contributed by atoms with Crippen LogP contribution in [0.25, 0.3) is 0 Å². The van der Waals surface area contributed by atoms with Gasteiger partial charge >= 0.3 is 39.5 Å². The number of phosphoric acid groups is 2. The highest BCUT2D eigenvalue weighted by Gasteiger charge is 2.30. The van der Waals surface area contributed by atoms with E-state index in [4.69, 9.17) is 37.0 Å². The normalized spacial score (nSPS) is 14.4. The average Bonchev–Trinajstić information content (AvgIpc) is 1.29. The van der Waals surface area contributed by atoms with Gasteiger partial charge in [0.25, 0.3) is 0 Å². The molecule has 0 spiro atoms. The van der Waals surface area contributed by atoms with Crippen LogP contribution in [0.1, 0.15) is 376 Å². The van der Waals surface area contributed by atoms with E-state index < -0.39 is 97.5 Å². The molecule has 0 aliphatic heterocycles. The number of unbranched alkanes of at least 4 members (excludes halogenated alkanes) is 37. The molecule has 0 rings (SSSR count). The molecule has 0 bridgehead atoms. The van der Waals surface area contributed by atoms with Crippen molar-refractivity contribution in [2.75, 3.05) is 39.6 Å². The monoisotopic (exact) mass is 1380 g/mol. The molecule has 17 nitrogen and oxygen atoms in total. The molecule has 0 heterocycles. The summed E-state index contributed by atoms with van der Waals surface area (Å²) in [6, 6.07) is 0. The van der Waals surface area contributed by atoms with E-state index in [-0.39, 0.29) is 25.7 Å². The first kappa shape index (κ1) is 92.1. The lowest BCUT2D eigenvalue weighted by Crippen LogP contribution is -2.30. The minimum atomic E-state index is -4.96. The first-order valence-corrected chi connectivity index (χ1v) is 41.7. The largest absolute Gasteiger partial charge is 0.472 e. The van der Waals surface area contributed by atoms with Gasteiger partial charge in [-0.2, -0.15) is 0 Å². The second-order valence-electron chi connectivity index (χ2n) is 28.7. The zero-order valence-electron chi connectivity index (χ0n) is 61.6. The summed E-state index contributed by atoms with van der Waals surface area (Å²) < 4.78 is 68.5. The second kappa shape index (κ2) is 64.4. The van der Waals surface area contributed by atoms with E-state index in [0.717, 1.165) is 114 Å². The van der Waals surface area contributed by atoms with Gasteiger partial charge < -0.3 is 33.8 Å². The van der Waals surface area contributed by atoms with Crippen molar-refractivity contribution >= 4 is 39.5 Å². The van der Waals surface area contributed by atoms with E-state index in [9.17, 15) is 43.2 Å². The number of phosphoric ester groups is 2. The van der Waals surface area contributed by atoms with Gasteiger partial charge in [-0.3, -0.25) is 37.3 Å². The Hall–Kier alpha value is -1.94. The molecule has 6 atom stereocenters. The van der Waals surface area contributed by atoms with Crippen LogP contribution in [-0.4, -0.2) is 96.7 Å². The van der Waals surface area contributed by atoms with Gasteiger partial charge in [0, 0.05) is 25.7 Å². The maximum atomic E-state index is 13.1. The number of carbonyl (C=O) groups excluding carboxylic acids is 4. The Labute approximate surface area is 575 Å². The topological polar surface area (TPSA) is 237 Å². The molecule has 0 aromatic carbocycles. The number of rotatable bonds is 72. The number of hydrogen-bond acceptors (Lipinski definition) is 15. The fourth-order valence-corrected chi connectivity index (χ4v) is 12.9. The van der Waals surface area contributed by atoms with Gasteiger partial charge in [0.1, 0.15) is 19.3 Å². The van der Waals surface area contributed by atoms with Crippen molar-refractivity contribution in [3.8, 4) is 0 Å². The molecule has 0 aliphatic rings. The molecule has 0 saturated heterocycles. The lowest BCUT2D eigenvalue weighted by molar-refractivity contribution is -0.161. The van der Waals surface area contributed by atoms with Gasteiger partial charge in [0.05, 0.1) is 26.4 Å². The SMILES string of the molecule is CCC(C)CCCCCCCCCCCCC(=O)OC[C@H](COP(=O)(O)OCC(O)COP(=O)(O)OC[C@@H](COC(=O)CCCCCCCCCC(C)C)OC(=O)CCCCCCCCCCCCCCCCC(C)C)OC(=O)CCCCCCCCCCCCC(C)C. The third-order valence-corrected chi connectivity index (χ3v) is 19.6. The van der Waals surface area contributed by atoms with Crippen LogP contribution in [0.2, 0.25) is 0 Å². The maximum absolute atomic E-state index is 13.1. The van der Waals surface area contributed by atoms with E-state index in [2.05, 4.69) is 55.4 Å². The van der Waals surface area contributed by atoms with Gasteiger partial charge in [-0.15, -0.1) is 0 Å². The molecular weight excluding hydrogens is 1230 g/mol. The van der Waals surface area contributed by atoms with E-state index >= 15 is 0 Å². The molecule has 0 aromatic heterocycles. The first-order valence-electron chi connectivity index (χ1n) is 38.7. The molecule has 0 aliphatic carbocycles. The van der Waals surface area contributed by atoms with Crippen LogP contribution in [-0.2, 0) is 65.4 Å². The molecule has 0 aromatic rings. The van der Waals surface area contributed by atoms with Gasteiger partial charge in [-0.25, -0.2) is 9.13 Å². The van der Waals surface area contributed by atoms with E-state index in [0.29, 0.717) is 31.6 Å². The van der Waals surface area contributed by atoms with Crippen molar-refractivity contribution < 1.29 is 80.2 Å². The highest BCUT2D eigenvalue weighted by Crippen LogP contribution is 2.45. The highest BCUT2D eigenvalue weighted by atomic mass is 31.2. The van der Waals surface area contributed by atoms with E-state index in [1.165, 1.54) is 173 Å². The van der Waals surface area contributed by atoms with Crippen molar-refractivity contribution in [3.05, 3.63) is 0 Å². The maximum Gasteiger partial charge on any atom is 0.472 e. The summed E-state index contributed by atoms with van der Waals surface area (Å²) >= 11 is 0. The van der Waals surface area contributed by atoms with Crippen LogP contribution in [0.15, 0.2) is 0 Å². The number of ether oxygens (including phenoxy) is 4. The van der Waals surface area contributed by atoms with Gasteiger partial charge in [0.15, 0.2) is 12.2 Å². The molecule has 0 fully saturated rings. The molecule has 4 unspecified atom stereocenters. The van der Waals surface area contributed by atoms with Gasteiger partial charge in [-0.05, 0) is 49.4 Å². The standard InChI is InChI=1S/C75H146O17P2/c1-9-68(8)54-46-38-30-22-17-19-23-31-39-47-55-72(77)85-61-70(91-75(80)58-50-42-33-25-18-16-21-28-36-44-52-66(4)5)63-89-93(81,82)87-59-69(76)60-88-94(83,84)90-64-71(62-86-73(78)56-48-40-34-26-29-37-45-53-67(6)7)92-74(79)57-49-41-32-24-15-13-11-10-12-14-20-27-35-43-51-65(2)3/h65-71,76H,9-64H2,1-8H3,(H,81,82)(H,83,84)/t68?,69?,70-,71-/m1/s1. The predicted molar refractivity (Wildman–Crippen MR) is 381 cm³/mol. The lowest BCUT2D eigenvalue weighted by atomic mass is 9.99. The molecule has 0 amide bonds. The summed E-state index contributed by atoms with van der Waals surface area (Å²) in [5.41, 5.74) is 0. The summed E-state index contributed by atoms with van der Waals surface area (Å²) in [5.74, 6) is 0.939. The minimum absolute atomic E-state index is 0.105. The zero-order chi connectivity index (χ0) is 69.6. The molecule has 558 valence electrons. The Kier molecular flexibility index (Phi) is 63.1. The first-order chi connectivity index (χ1) is 45.1. The van der Waals surface area contributed by atoms with Gasteiger partial charge in [0.2, 0.25) is 0 Å². The minimum Gasteiger partial charge on any atom is -0.462 e. The number of aliphatic hydroxyl groups is 1. The Bertz CT molecular complexity index is 1850. The fraction of sp³-hybridized carbons (Fsp3) is 0.947. The Morgan fingerprint density at radius 3 is 0.755 bits per heavy atom. The third kappa shape index (κ3) is 67.3. The van der Waals surface area contributed by atoms with Crippen LogP contribution in [0.4, 0.5) is 0 Å². The number of aliphatic hydroxyl groups excluding tert-OH is 1. The fourth-order valence-electron chi connectivity index (χ4n) is 11.3. The van der Waals surface area contributed by atoms with Crippen molar-refractivity contribution in [1.29, 1.82) is 0 Å². The van der Waals surface area contributed by atoms with Crippen LogP contribution in [0, 0.1) is 23.7 Å². The van der Waals surface area contributed by atoms with Crippen LogP contribution >= 0.6 is 15.6 Å². The molecule has 19 heteroatoms.